The van der Waals surface area contributed by atoms with Crippen LogP contribution in [0.4, 0.5) is 0 Å². The van der Waals surface area contributed by atoms with E-state index in [0.717, 1.165) is 6.54 Å². The summed E-state index contributed by atoms with van der Waals surface area (Å²) in [6, 6.07) is 0. The topological polar surface area (TPSA) is 13.0 Å². The van der Waals surface area contributed by atoms with E-state index >= 15 is 0 Å². The molecule has 0 heterocycles. The van der Waals surface area contributed by atoms with Gasteiger partial charge in [0.2, 0.25) is 0 Å². The Morgan fingerprint density at radius 3 is 0.938 bits per heavy atom. The molecule has 0 unspecified atom stereocenters. The minimum atomic E-state index is -0.0521. The van der Waals surface area contributed by atoms with Crippen molar-refractivity contribution in [3.63, 3.8) is 0 Å². The summed E-state index contributed by atoms with van der Waals surface area (Å²) in [5.74, 6) is -0.0521. The average Bonchev–Trinajstić information content (AvgIpc) is 1.97. The maximum absolute atomic E-state index is 2.24. The van der Waals surface area contributed by atoms with E-state index in [1.165, 1.54) is 0 Å². The molecule has 0 radical (unpaired) electrons. The quantitative estimate of drug-likeness (QED) is 0.686. The summed E-state index contributed by atoms with van der Waals surface area (Å²) in [5.41, 5.74) is 0. The molecule has 0 atom stereocenters. The van der Waals surface area contributed by atoms with Crippen molar-refractivity contribution < 1.29 is 0 Å². The van der Waals surface area contributed by atoms with E-state index in [0.29, 0.717) is 0 Å². The second kappa shape index (κ2) is 8.50. The van der Waals surface area contributed by atoms with Gasteiger partial charge in [-0.3, -0.25) is 14.7 Å². The van der Waals surface area contributed by atoms with Crippen molar-refractivity contribution in [2.24, 2.45) is 0 Å². The first kappa shape index (κ1) is 21.7. The highest BCUT2D eigenvalue weighted by Gasteiger charge is 2.37. The predicted molar refractivity (Wildman–Crippen MR) is 76.8 cm³/mol. The summed E-state index contributed by atoms with van der Waals surface area (Å²) in [4.78, 5) is 8.94. The lowest BCUT2D eigenvalue weighted by molar-refractivity contribution is -0.120. The SMILES string of the molecule is CN(C)CC(N(C)C)(N(C)C)N(C)C.Cl.Cl. The Morgan fingerprint density at radius 1 is 0.625 bits per heavy atom. The van der Waals surface area contributed by atoms with Gasteiger partial charge in [0.25, 0.3) is 0 Å². The van der Waals surface area contributed by atoms with E-state index in [2.05, 4.69) is 76.0 Å². The van der Waals surface area contributed by atoms with Crippen LogP contribution < -0.4 is 0 Å². The van der Waals surface area contributed by atoms with E-state index in [1.807, 2.05) is 0 Å². The van der Waals surface area contributed by atoms with Crippen LogP contribution in [0.3, 0.4) is 0 Å². The minimum Gasteiger partial charge on any atom is -0.305 e. The fourth-order valence-corrected chi connectivity index (χ4v) is 2.05. The molecule has 0 aliphatic carbocycles. The van der Waals surface area contributed by atoms with Gasteiger partial charge in [0, 0.05) is 6.54 Å². The Hall–Kier alpha value is 0.420. The molecule has 102 valence electrons. The lowest BCUT2D eigenvalue weighted by Gasteiger charge is -2.50. The molecule has 0 saturated carbocycles. The summed E-state index contributed by atoms with van der Waals surface area (Å²) < 4.78 is 0. The molecule has 0 spiro atoms. The van der Waals surface area contributed by atoms with Crippen LogP contribution in [0.15, 0.2) is 0 Å². The zero-order valence-electron chi connectivity index (χ0n) is 11.8. The third-order valence-electron chi connectivity index (χ3n) is 2.68. The summed E-state index contributed by atoms with van der Waals surface area (Å²) in [7, 11) is 16.9. The van der Waals surface area contributed by atoms with Crippen LogP contribution in [0, 0.1) is 0 Å². The monoisotopic (exact) mass is 274 g/mol. The second-order valence-corrected chi connectivity index (χ2v) is 4.70. The van der Waals surface area contributed by atoms with Gasteiger partial charge in [0.15, 0.2) is 0 Å². The van der Waals surface area contributed by atoms with Gasteiger partial charge in [0.05, 0.1) is 0 Å². The minimum absolute atomic E-state index is 0. The molecule has 0 N–H and O–H groups in total. The number of rotatable bonds is 5. The maximum atomic E-state index is 2.24. The second-order valence-electron chi connectivity index (χ2n) is 4.70. The highest BCUT2D eigenvalue weighted by molar-refractivity contribution is 5.85. The summed E-state index contributed by atoms with van der Waals surface area (Å²) in [6.07, 6.45) is 0. The van der Waals surface area contributed by atoms with Crippen molar-refractivity contribution in [3.8, 4) is 0 Å². The molecular weight excluding hydrogens is 247 g/mol. The zero-order chi connectivity index (χ0) is 11.5. The van der Waals surface area contributed by atoms with E-state index in [1.54, 1.807) is 0 Å². The van der Waals surface area contributed by atoms with Gasteiger partial charge < -0.3 is 4.90 Å². The first-order chi connectivity index (χ1) is 6.25. The largest absolute Gasteiger partial charge is 0.305 e. The summed E-state index contributed by atoms with van der Waals surface area (Å²) in [5, 5.41) is 0. The predicted octanol–water partition coefficient (Wildman–Crippen LogP) is 0.730. The van der Waals surface area contributed by atoms with E-state index in [-0.39, 0.29) is 30.6 Å². The smallest absolute Gasteiger partial charge is 0.142 e. The lowest BCUT2D eigenvalue weighted by Crippen LogP contribution is -2.68. The van der Waals surface area contributed by atoms with Gasteiger partial charge in [-0.05, 0) is 56.4 Å². The van der Waals surface area contributed by atoms with Crippen molar-refractivity contribution in [2.45, 2.75) is 5.79 Å². The Kier molecular flexibility index (Phi) is 11.5. The van der Waals surface area contributed by atoms with Crippen LogP contribution in [-0.2, 0) is 0 Å². The van der Waals surface area contributed by atoms with Crippen molar-refractivity contribution in [1.29, 1.82) is 0 Å². The van der Waals surface area contributed by atoms with Gasteiger partial charge >= 0.3 is 0 Å². The number of halogens is 2. The molecule has 0 aliphatic heterocycles. The maximum Gasteiger partial charge on any atom is 0.142 e. The number of hydrogen-bond acceptors (Lipinski definition) is 4. The number of nitrogens with zero attached hydrogens (tertiary/aromatic N) is 4. The molecule has 0 aromatic carbocycles. The van der Waals surface area contributed by atoms with Gasteiger partial charge in [-0.25, -0.2) is 0 Å². The fourth-order valence-electron chi connectivity index (χ4n) is 2.05. The van der Waals surface area contributed by atoms with Gasteiger partial charge in [-0.1, -0.05) is 0 Å². The molecule has 0 bridgehead atoms. The van der Waals surface area contributed by atoms with Crippen molar-refractivity contribution in [1.82, 2.24) is 19.6 Å². The third-order valence-corrected chi connectivity index (χ3v) is 2.68. The standard InChI is InChI=1S/C10H26N4.2ClH/c1-11(2)9-10(12(3)4,13(5)6)14(7)8;;/h9H2,1-8H3;2*1H. The summed E-state index contributed by atoms with van der Waals surface area (Å²) >= 11 is 0. The van der Waals surface area contributed by atoms with E-state index < -0.39 is 0 Å². The fraction of sp³-hybridized carbons (Fsp3) is 1.00. The van der Waals surface area contributed by atoms with Crippen LogP contribution in [0.25, 0.3) is 0 Å². The van der Waals surface area contributed by atoms with Crippen LogP contribution in [-0.4, -0.2) is 88.3 Å². The highest BCUT2D eigenvalue weighted by Crippen LogP contribution is 2.18. The van der Waals surface area contributed by atoms with Crippen LogP contribution >= 0.6 is 24.8 Å². The van der Waals surface area contributed by atoms with Crippen LogP contribution in [0.2, 0.25) is 0 Å². The third kappa shape index (κ3) is 4.73. The Balaban J connectivity index is -0.000000845. The highest BCUT2D eigenvalue weighted by atomic mass is 35.5. The van der Waals surface area contributed by atoms with E-state index in [4.69, 9.17) is 0 Å². The van der Waals surface area contributed by atoms with Crippen molar-refractivity contribution in [2.75, 3.05) is 62.9 Å². The van der Waals surface area contributed by atoms with Crippen molar-refractivity contribution >= 4 is 24.8 Å². The molecule has 16 heavy (non-hydrogen) atoms. The molecule has 0 rings (SSSR count). The lowest BCUT2D eigenvalue weighted by atomic mass is 10.2. The van der Waals surface area contributed by atoms with E-state index in [9.17, 15) is 0 Å². The van der Waals surface area contributed by atoms with Gasteiger partial charge in [-0.15, -0.1) is 24.8 Å². The van der Waals surface area contributed by atoms with Gasteiger partial charge in [-0.2, -0.15) is 0 Å². The number of hydrogen-bond donors (Lipinski definition) is 0. The molecule has 6 heteroatoms. The molecular formula is C10H28Cl2N4. The van der Waals surface area contributed by atoms with Crippen LogP contribution in [0.5, 0.6) is 0 Å². The molecule has 0 fully saturated rings. The molecule has 0 saturated heterocycles. The van der Waals surface area contributed by atoms with Crippen LogP contribution in [0.1, 0.15) is 0 Å². The molecule has 0 aromatic rings. The summed E-state index contributed by atoms with van der Waals surface area (Å²) in [6.45, 7) is 0.972. The zero-order valence-corrected chi connectivity index (χ0v) is 13.4. The van der Waals surface area contributed by atoms with Gasteiger partial charge in [0.1, 0.15) is 5.79 Å². The first-order valence-electron chi connectivity index (χ1n) is 4.92. The Labute approximate surface area is 113 Å². The average molecular weight is 275 g/mol. The molecule has 0 aromatic heterocycles. The van der Waals surface area contributed by atoms with Crippen molar-refractivity contribution in [3.05, 3.63) is 0 Å². The normalized spacial score (nSPS) is 12.0. The molecule has 4 nitrogen and oxygen atoms in total. The molecule has 0 aliphatic rings. The Bertz CT molecular complexity index is 150. The first-order valence-corrected chi connectivity index (χ1v) is 4.92. The number of likely N-dealkylation sites (N-methyl/N-ethyl adjacent to an activating group) is 4. The molecule has 0 amide bonds. The Morgan fingerprint density at radius 2 is 0.875 bits per heavy atom.